The van der Waals surface area contributed by atoms with Crippen LogP contribution in [0.2, 0.25) is 0 Å². The zero-order valence-electron chi connectivity index (χ0n) is 43.9. The predicted octanol–water partition coefficient (Wildman–Crippen LogP) is 1.47. The maximum Gasteiger partial charge on any atom is 0.261 e. The number of carbonyl (C=O) groups excluding carboxylic acids is 9. The summed E-state index contributed by atoms with van der Waals surface area (Å²) in [7, 11) is 5.72. The van der Waals surface area contributed by atoms with Gasteiger partial charge in [-0.15, -0.1) is 0 Å². The number of ether oxygens (including phenoxy) is 2. The molecule has 0 radical (unpaired) electrons. The number of nitrogens with one attached hydrogen (secondary N) is 5. The quantitative estimate of drug-likeness (QED) is 0.192. The third-order valence-corrected chi connectivity index (χ3v) is 12.9. The Hall–Kier alpha value is -6.05. The lowest BCUT2D eigenvalue weighted by Crippen LogP contribution is -2.60. The summed E-state index contributed by atoms with van der Waals surface area (Å²) in [6.07, 6.45) is -2.00. The van der Waals surface area contributed by atoms with Crippen LogP contribution in [0.1, 0.15) is 101 Å². The van der Waals surface area contributed by atoms with Gasteiger partial charge in [0.2, 0.25) is 41.4 Å². The summed E-state index contributed by atoms with van der Waals surface area (Å²) >= 11 is 0. The number of hydrogen-bond donors (Lipinski definition) is 6. The number of rotatable bonds is 9. The zero-order valence-corrected chi connectivity index (χ0v) is 43.9. The number of amides is 8. The molecule has 20 heteroatoms. The number of carbonyl (C=O) groups is 9. The standard InChI is InChI=1S/C50H80N8O12/c1-17-29(7)42-47(66)52-25-38(59)56(13)36(23-27(3)4)45(64)51-26-39(60)58(15)40(28(5)6)48(67)57(14)37(24-33-19-21-34(69-16)22-20-33)46(65)53-30(8)43(62)50(11,12)49(68)54-31(9)44(63)55-35(18-2)41(61)32(10)70-42/h19-22,27-31,35-37,40-42,61H,10,17-18,23-26H2,1-9,11-16H3,(H,51,64)(H,52,66)(H,53,65)(H,54,68)(H,55,63). The van der Waals surface area contributed by atoms with Crippen LogP contribution in [0.5, 0.6) is 5.75 Å². The number of Topliss-reactive ketones (excluding diaryl/α,β-unsaturated/α-hetero) is 1. The van der Waals surface area contributed by atoms with Gasteiger partial charge >= 0.3 is 0 Å². The minimum Gasteiger partial charge on any atom is -0.497 e. The molecule has 1 heterocycles. The third-order valence-electron chi connectivity index (χ3n) is 12.9. The van der Waals surface area contributed by atoms with Crippen LogP contribution in [0.25, 0.3) is 0 Å². The van der Waals surface area contributed by atoms with Crippen LogP contribution in [0.3, 0.4) is 0 Å². The molecule has 9 atom stereocenters. The Kier molecular flexibility index (Phi) is 23.0. The molecule has 1 aromatic rings. The topological polar surface area (TPSA) is 262 Å². The Balaban J connectivity index is 2.68. The van der Waals surface area contributed by atoms with E-state index in [9.17, 15) is 48.3 Å². The molecule has 392 valence electrons. The number of aliphatic hydroxyl groups is 1. The van der Waals surface area contributed by atoms with E-state index >= 15 is 0 Å². The van der Waals surface area contributed by atoms with Gasteiger partial charge in [-0.2, -0.15) is 0 Å². The van der Waals surface area contributed by atoms with Crippen molar-refractivity contribution in [3.05, 3.63) is 42.2 Å². The molecule has 0 spiro atoms. The van der Waals surface area contributed by atoms with Crippen molar-refractivity contribution < 1.29 is 57.7 Å². The Morgan fingerprint density at radius 2 is 1.31 bits per heavy atom. The molecular weight excluding hydrogens is 905 g/mol. The fourth-order valence-electron chi connectivity index (χ4n) is 7.94. The molecule has 2 rings (SSSR count). The molecule has 1 aliphatic heterocycles. The van der Waals surface area contributed by atoms with Crippen molar-refractivity contribution in [1.82, 2.24) is 41.3 Å². The van der Waals surface area contributed by atoms with E-state index in [0.717, 1.165) is 0 Å². The van der Waals surface area contributed by atoms with E-state index in [0.29, 0.717) is 17.7 Å². The summed E-state index contributed by atoms with van der Waals surface area (Å²) in [5.74, 6) is -6.98. The molecule has 20 nitrogen and oxygen atoms in total. The number of methoxy groups -OCH3 is 1. The van der Waals surface area contributed by atoms with Crippen molar-refractivity contribution in [2.75, 3.05) is 41.3 Å². The van der Waals surface area contributed by atoms with Gasteiger partial charge in [0.1, 0.15) is 47.2 Å². The van der Waals surface area contributed by atoms with Crippen molar-refractivity contribution >= 4 is 53.0 Å². The van der Waals surface area contributed by atoms with E-state index in [2.05, 4.69) is 33.2 Å². The van der Waals surface area contributed by atoms with Crippen LogP contribution in [-0.4, -0.2) is 163 Å². The molecule has 0 aromatic heterocycles. The molecule has 0 saturated carbocycles. The summed E-state index contributed by atoms with van der Waals surface area (Å²) in [5, 5.41) is 24.5. The highest BCUT2D eigenvalue weighted by atomic mass is 16.5. The molecular formula is C50H80N8O12. The highest BCUT2D eigenvalue weighted by Gasteiger charge is 2.43. The summed E-state index contributed by atoms with van der Waals surface area (Å²) in [4.78, 5) is 129. The molecule has 1 aliphatic rings. The normalized spacial score (nSPS) is 26.7. The monoisotopic (exact) mass is 985 g/mol. The first-order chi connectivity index (χ1) is 32.5. The van der Waals surface area contributed by atoms with Gasteiger partial charge in [-0.1, -0.05) is 67.2 Å². The van der Waals surface area contributed by atoms with Crippen molar-refractivity contribution in [1.29, 1.82) is 0 Å². The minimum atomic E-state index is -1.80. The number of benzene rings is 1. The third kappa shape index (κ3) is 16.0. The lowest BCUT2D eigenvalue weighted by molar-refractivity contribution is -0.150. The smallest absolute Gasteiger partial charge is 0.261 e. The van der Waals surface area contributed by atoms with Crippen molar-refractivity contribution in [2.45, 2.75) is 150 Å². The lowest BCUT2D eigenvalue weighted by atomic mass is 9.83. The molecule has 1 aromatic carbocycles. The van der Waals surface area contributed by atoms with Gasteiger partial charge < -0.3 is 55.9 Å². The van der Waals surface area contributed by atoms with E-state index < -0.39 is 132 Å². The van der Waals surface area contributed by atoms with Gasteiger partial charge in [0.15, 0.2) is 11.9 Å². The fraction of sp³-hybridized carbons (Fsp3) is 0.660. The first kappa shape index (κ1) is 60.1. The van der Waals surface area contributed by atoms with Crippen LogP contribution in [0.15, 0.2) is 36.6 Å². The highest BCUT2D eigenvalue weighted by Crippen LogP contribution is 2.23. The first-order valence-corrected chi connectivity index (χ1v) is 24.0. The van der Waals surface area contributed by atoms with Gasteiger partial charge in [0.05, 0.1) is 32.3 Å². The second-order valence-electron chi connectivity index (χ2n) is 19.6. The molecule has 9 unspecified atom stereocenters. The molecule has 0 bridgehead atoms. The van der Waals surface area contributed by atoms with Crippen LogP contribution < -0.4 is 31.3 Å². The predicted molar refractivity (Wildman–Crippen MR) is 262 cm³/mol. The number of hydrogen-bond acceptors (Lipinski definition) is 12. The van der Waals surface area contributed by atoms with Gasteiger partial charge in [-0.25, -0.2) is 0 Å². The Morgan fingerprint density at radius 1 is 0.757 bits per heavy atom. The number of likely N-dealkylation sites (N-methyl/N-ethyl adjacent to an activating group) is 3. The van der Waals surface area contributed by atoms with Crippen LogP contribution in [-0.2, 0) is 54.3 Å². The molecule has 6 N–H and O–H groups in total. The van der Waals surface area contributed by atoms with E-state index in [1.807, 2.05) is 20.8 Å². The largest absolute Gasteiger partial charge is 0.497 e. The summed E-state index contributed by atoms with van der Waals surface area (Å²) in [6, 6.07) is -0.171. The molecule has 8 amide bonds. The van der Waals surface area contributed by atoms with Crippen molar-refractivity contribution in [3.8, 4) is 5.75 Å². The number of nitrogens with zero attached hydrogens (tertiary/aromatic N) is 3. The second-order valence-corrected chi connectivity index (χ2v) is 19.6. The number of ketones is 1. The number of aliphatic hydroxyl groups excluding tert-OH is 1. The maximum absolute atomic E-state index is 14.6. The molecule has 0 aliphatic carbocycles. The van der Waals surface area contributed by atoms with E-state index in [4.69, 9.17) is 9.47 Å². The van der Waals surface area contributed by atoms with Crippen LogP contribution in [0.4, 0.5) is 0 Å². The Morgan fingerprint density at radius 3 is 1.83 bits per heavy atom. The summed E-state index contributed by atoms with van der Waals surface area (Å²) in [6.45, 7) is 20.6. The minimum absolute atomic E-state index is 0.0352. The van der Waals surface area contributed by atoms with Gasteiger partial charge in [0, 0.05) is 33.5 Å². The molecule has 70 heavy (non-hydrogen) atoms. The van der Waals surface area contributed by atoms with Gasteiger partial charge in [-0.05, 0) is 76.5 Å². The molecule has 1 fully saturated rings. The van der Waals surface area contributed by atoms with Gasteiger partial charge in [-0.3, -0.25) is 43.2 Å². The second kappa shape index (κ2) is 26.8. The highest BCUT2D eigenvalue weighted by molar-refractivity contribution is 6.09. The Labute approximate surface area is 413 Å². The fourth-order valence-corrected chi connectivity index (χ4v) is 7.94. The van der Waals surface area contributed by atoms with Crippen LogP contribution in [0, 0.1) is 23.2 Å². The average molecular weight is 985 g/mol. The summed E-state index contributed by atoms with van der Waals surface area (Å²) in [5.41, 5.74) is -1.17. The van der Waals surface area contributed by atoms with Gasteiger partial charge in [0.25, 0.3) is 5.91 Å². The van der Waals surface area contributed by atoms with Crippen LogP contribution >= 0.6 is 0 Å². The first-order valence-electron chi connectivity index (χ1n) is 24.0. The lowest BCUT2D eigenvalue weighted by Gasteiger charge is -2.37. The van der Waals surface area contributed by atoms with Crippen molar-refractivity contribution in [2.24, 2.45) is 23.2 Å². The Bertz CT molecular complexity index is 2040. The summed E-state index contributed by atoms with van der Waals surface area (Å²) < 4.78 is 11.2. The SMILES string of the molecule is C=C1OC(C(C)CC)C(=O)NCC(=O)N(C)C(CC(C)C)C(=O)NCC(=O)N(C)C(C(C)C)C(=O)N(C)C(Cc2ccc(OC)cc2)C(=O)NC(C)C(=O)C(C)(C)C(=O)NC(C)C(=O)NC(CC)C1O. The average Bonchev–Trinajstić information content (AvgIpc) is 3.31. The zero-order chi connectivity index (χ0) is 53.5. The van der Waals surface area contributed by atoms with E-state index in [1.54, 1.807) is 52.0 Å². The maximum atomic E-state index is 14.6. The van der Waals surface area contributed by atoms with E-state index in [1.165, 1.54) is 70.6 Å². The van der Waals surface area contributed by atoms with Crippen molar-refractivity contribution in [3.63, 3.8) is 0 Å². The van der Waals surface area contributed by atoms with E-state index in [-0.39, 0.29) is 30.9 Å². The molecule has 1 saturated heterocycles.